The fraction of sp³-hybridized carbons (Fsp3) is 0.900. The van der Waals surface area contributed by atoms with Crippen molar-refractivity contribution < 1.29 is 14.1 Å². The first-order valence-corrected chi connectivity index (χ1v) is 6.65. The first-order valence-electron chi connectivity index (χ1n) is 5.26. The molecule has 1 N–H and O–H groups in total. The van der Waals surface area contributed by atoms with Crippen molar-refractivity contribution >= 4 is 16.8 Å². The predicted molar refractivity (Wildman–Crippen MR) is 56.7 cm³/mol. The standard InChI is InChI=1S/C10H18O3S/c1-2-3-4-7-14(13)9(10(11)12)8-5-6-8/h8-9H,2-7H2,1H3,(H,11,12). The highest BCUT2D eigenvalue weighted by atomic mass is 32.2. The van der Waals surface area contributed by atoms with Gasteiger partial charge in [-0.3, -0.25) is 9.00 Å². The van der Waals surface area contributed by atoms with Gasteiger partial charge >= 0.3 is 5.97 Å². The molecule has 0 aromatic heterocycles. The maximum absolute atomic E-state index is 11.7. The first kappa shape index (κ1) is 11.7. The molecule has 0 bridgehead atoms. The third-order valence-corrected chi connectivity index (χ3v) is 4.37. The van der Waals surface area contributed by atoms with Crippen LogP contribution >= 0.6 is 0 Å². The summed E-state index contributed by atoms with van der Waals surface area (Å²) in [5.41, 5.74) is 0. The highest BCUT2D eigenvalue weighted by molar-refractivity contribution is 7.86. The Morgan fingerprint density at radius 2 is 2.14 bits per heavy atom. The van der Waals surface area contributed by atoms with Crippen molar-refractivity contribution in [3.63, 3.8) is 0 Å². The van der Waals surface area contributed by atoms with Crippen LogP contribution in [0.4, 0.5) is 0 Å². The largest absolute Gasteiger partial charge is 0.480 e. The summed E-state index contributed by atoms with van der Waals surface area (Å²) in [7, 11) is -1.16. The Morgan fingerprint density at radius 3 is 2.57 bits per heavy atom. The lowest BCUT2D eigenvalue weighted by Gasteiger charge is -2.10. The quantitative estimate of drug-likeness (QED) is 0.663. The Bertz CT molecular complexity index is 223. The molecule has 0 radical (unpaired) electrons. The molecule has 4 heteroatoms. The Labute approximate surface area is 87.3 Å². The Kier molecular flexibility index (Phi) is 4.58. The molecule has 14 heavy (non-hydrogen) atoms. The van der Waals surface area contributed by atoms with Crippen LogP contribution in [0.1, 0.15) is 39.0 Å². The topological polar surface area (TPSA) is 54.4 Å². The van der Waals surface area contributed by atoms with Gasteiger partial charge in [-0.05, 0) is 25.2 Å². The smallest absolute Gasteiger partial charge is 0.319 e. The fourth-order valence-corrected chi connectivity index (χ4v) is 3.22. The zero-order chi connectivity index (χ0) is 10.6. The predicted octanol–water partition coefficient (Wildman–Crippen LogP) is 1.79. The van der Waals surface area contributed by atoms with Crippen molar-refractivity contribution in [1.82, 2.24) is 0 Å². The van der Waals surface area contributed by atoms with Crippen molar-refractivity contribution in [2.75, 3.05) is 5.75 Å². The van der Waals surface area contributed by atoms with E-state index in [2.05, 4.69) is 6.92 Å². The molecule has 1 saturated carbocycles. The zero-order valence-electron chi connectivity index (χ0n) is 8.57. The van der Waals surface area contributed by atoms with Crippen LogP contribution in [0.3, 0.4) is 0 Å². The van der Waals surface area contributed by atoms with Crippen LogP contribution in [0.15, 0.2) is 0 Å². The number of aliphatic carboxylic acids is 1. The zero-order valence-corrected chi connectivity index (χ0v) is 9.39. The molecule has 0 spiro atoms. The van der Waals surface area contributed by atoms with E-state index in [9.17, 15) is 9.00 Å². The van der Waals surface area contributed by atoms with Gasteiger partial charge < -0.3 is 5.11 Å². The summed E-state index contributed by atoms with van der Waals surface area (Å²) >= 11 is 0. The molecular weight excluding hydrogens is 200 g/mol. The van der Waals surface area contributed by atoms with Gasteiger partial charge in [-0.15, -0.1) is 0 Å². The lowest BCUT2D eigenvalue weighted by atomic mass is 10.3. The van der Waals surface area contributed by atoms with Crippen LogP contribution in [-0.4, -0.2) is 26.3 Å². The van der Waals surface area contributed by atoms with Crippen LogP contribution in [0.2, 0.25) is 0 Å². The third kappa shape index (κ3) is 3.40. The summed E-state index contributed by atoms with van der Waals surface area (Å²) < 4.78 is 11.7. The Hall–Kier alpha value is -0.380. The normalized spacial score (nSPS) is 20.4. The molecule has 1 aliphatic carbocycles. The lowest BCUT2D eigenvalue weighted by molar-refractivity contribution is -0.136. The number of unbranched alkanes of at least 4 members (excludes halogenated alkanes) is 2. The van der Waals surface area contributed by atoms with E-state index in [4.69, 9.17) is 5.11 Å². The van der Waals surface area contributed by atoms with E-state index in [0.29, 0.717) is 5.75 Å². The minimum absolute atomic E-state index is 0.190. The number of carbonyl (C=O) groups is 1. The third-order valence-electron chi connectivity index (χ3n) is 2.53. The van der Waals surface area contributed by atoms with Gasteiger partial charge in [0.2, 0.25) is 0 Å². The van der Waals surface area contributed by atoms with E-state index in [1.807, 2.05) is 0 Å². The fourth-order valence-electron chi connectivity index (χ4n) is 1.55. The number of hydrogen-bond donors (Lipinski definition) is 1. The maximum atomic E-state index is 11.7. The molecule has 1 rings (SSSR count). The summed E-state index contributed by atoms with van der Waals surface area (Å²) in [4.78, 5) is 10.9. The average Bonchev–Trinajstić information content (AvgIpc) is 2.88. The van der Waals surface area contributed by atoms with Crippen molar-refractivity contribution in [3.8, 4) is 0 Å². The molecule has 0 aromatic carbocycles. The second-order valence-electron chi connectivity index (χ2n) is 3.89. The van der Waals surface area contributed by atoms with Crippen LogP contribution in [0, 0.1) is 5.92 Å². The average molecular weight is 218 g/mol. The summed E-state index contributed by atoms with van der Waals surface area (Å²) in [6.45, 7) is 2.08. The molecule has 2 unspecified atom stereocenters. The maximum Gasteiger partial charge on any atom is 0.319 e. The van der Waals surface area contributed by atoms with Crippen LogP contribution in [0.25, 0.3) is 0 Å². The molecule has 1 fully saturated rings. The molecule has 82 valence electrons. The molecule has 0 saturated heterocycles. The summed E-state index contributed by atoms with van der Waals surface area (Å²) in [6.07, 6.45) is 4.90. The minimum Gasteiger partial charge on any atom is -0.480 e. The number of hydrogen-bond acceptors (Lipinski definition) is 2. The summed E-state index contributed by atoms with van der Waals surface area (Å²) in [5, 5.41) is 8.33. The summed E-state index contributed by atoms with van der Waals surface area (Å²) in [6, 6.07) is 0. The number of rotatable bonds is 7. The van der Waals surface area contributed by atoms with E-state index in [1.165, 1.54) is 0 Å². The van der Waals surface area contributed by atoms with Gasteiger partial charge in [0.05, 0.1) is 0 Å². The monoisotopic (exact) mass is 218 g/mol. The van der Waals surface area contributed by atoms with Gasteiger partial charge in [-0.1, -0.05) is 19.8 Å². The van der Waals surface area contributed by atoms with Gasteiger partial charge in [0, 0.05) is 16.6 Å². The van der Waals surface area contributed by atoms with E-state index in [-0.39, 0.29) is 5.92 Å². The molecule has 0 heterocycles. The SMILES string of the molecule is CCCCCS(=O)C(C(=O)O)C1CC1. The summed E-state index contributed by atoms with van der Waals surface area (Å²) in [5.74, 6) is -0.126. The first-order chi connectivity index (χ1) is 6.66. The molecule has 1 aliphatic rings. The van der Waals surface area contributed by atoms with Crippen molar-refractivity contribution in [1.29, 1.82) is 0 Å². The highest BCUT2D eigenvalue weighted by Gasteiger charge is 2.39. The van der Waals surface area contributed by atoms with Crippen LogP contribution < -0.4 is 0 Å². The van der Waals surface area contributed by atoms with Crippen molar-refractivity contribution in [2.24, 2.45) is 5.92 Å². The van der Waals surface area contributed by atoms with E-state index >= 15 is 0 Å². The van der Waals surface area contributed by atoms with Gasteiger partial charge in [-0.2, -0.15) is 0 Å². The Balaban J connectivity index is 2.35. The van der Waals surface area contributed by atoms with Gasteiger partial charge in [0.1, 0.15) is 5.25 Å². The molecule has 3 nitrogen and oxygen atoms in total. The molecule has 0 aliphatic heterocycles. The molecular formula is C10H18O3S. The molecule has 0 aromatic rings. The Morgan fingerprint density at radius 1 is 1.50 bits per heavy atom. The van der Waals surface area contributed by atoms with Crippen LogP contribution in [-0.2, 0) is 15.6 Å². The van der Waals surface area contributed by atoms with E-state index in [1.54, 1.807) is 0 Å². The van der Waals surface area contributed by atoms with Crippen LogP contribution in [0.5, 0.6) is 0 Å². The highest BCUT2D eigenvalue weighted by Crippen LogP contribution is 2.35. The molecule has 0 amide bonds. The van der Waals surface area contributed by atoms with Crippen molar-refractivity contribution in [3.05, 3.63) is 0 Å². The number of carboxylic acid groups (broad SMARTS) is 1. The lowest BCUT2D eigenvalue weighted by Crippen LogP contribution is -2.29. The van der Waals surface area contributed by atoms with Gasteiger partial charge in [0.15, 0.2) is 0 Å². The van der Waals surface area contributed by atoms with E-state index in [0.717, 1.165) is 32.1 Å². The van der Waals surface area contributed by atoms with Crippen molar-refractivity contribution in [2.45, 2.75) is 44.3 Å². The minimum atomic E-state index is -1.16. The van der Waals surface area contributed by atoms with Gasteiger partial charge in [0.25, 0.3) is 0 Å². The molecule has 2 atom stereocenters. The van der Waals surface area contributed by atoms with E-state index < -0.39 is 22.0 Å². The number of carboxylic acids is 1. The second-order valence-corrected chi connectivity index (χ2v) is 5.57. The van der Waals surface area contributed by atoms with Gasteiger partial charge in [-0.25, -0.2) is 0 Å². The second kappa shape index (κ2) is 5.49.